The number of amides is 1. The first-order chi connectivity index (χ1) is 15.4. The Morgan fingerprint density at radius 2 is 1.59 bits per heavy atom. The average molecular weight is 449 g/mol. The highest BCUT2D eigenvalue weighted by Crippen LogP contribution is 2.21. The van der Waals surface area contributed by atoms with Gasteiger partial charge in [-0.25, -0.2) is 8.42 Å². The van der Waals surface area contributed by atoms with Gasteiger partial charge >= 0.3 is 0 Å². The molecule has 0 spiro atoms. The van der Waals surface area contributed by atoms with Gasteiger partial charge in [-0.1, -0.05) is 30.3 Å². The molecule has 4 rings (SSSR count). The second kappa shape index (κ2) is 8.68. The summed E-state index contributed by atoms with van der Waals surface area (Å²) in [5.41, 5.74) is 0.434. The summed E-state index contributed by atoms with van der Waals surface area (Å²) in [5, 5.41) is 2.99. The van der Waals surface area contributed by atoms with Crippen molar-refractivity contribution < 1.29 is 17.9 Å². The van der Waals surface area contributed by atoms with Crippen LogP contribution in [0.4, 0.5) is 5.69 Å². The number of para-hydroxylation sites is 1. The molecule has 0 atom stereocenters. The standard InChI is InChI=1S/C24H20N2O5S/c1-31-18-13-11-17(12-14-18)25-23(27)16-26-15-22(24(28)20-9-5-6-10-21(20)26)32(29,30)19-7-3-2-4-8-19/h2-15H,16H2,1H3,(H,25,27). The van der Waals surface area contributed by atoms with Gasteiger partial charge in [0.1, 0.15) is 17.2 Å². The number of hydrogen-bond donors (Lipinski definition) is 1. The van der Waals surface area contributed by atoms with Gasteiger partial charge in [0.15, 0.2) is 0 Å². The van der Waals surface area contributed by atoms with Crippen molar-refractivity contribution in [3.63, 3.8) is 0 Å². The Kier molecular flexibility index (Phi) is 5.79. The van der Waals surface area contributed by atoms with Crippen LogP contribution in [0.2, 0.25) is 0 Å². The molecule has 32 heavy (non-hydrogen) atoms. The van der Waals surface area contributed by atoms with Crippen LogP contribution >= 0.6 is 0 Å². The van der Waals surface area contributed by atoms with Gasteiger partial charge in [-0.2, -0.15) is 0 Å². The van der Waals surface area contributed by atoms with Gasteiger partial charge in [0.25, 0.3) is 0 Å². The summed E-state index contributed by atoms with van der Waals surface area (Å²) in [4.78, 5) is 25.4. The van der Waals surface area contributed by atoms with E-state index >= 15 is 0 Å². The van der Waals surface area contributed by atoms with Gasteiger partial charge in [0.05, 0.1) is 17.5 Å². The number of anilines is 1. The minimum absolute atomic E-state index is 0.0154. The van der Waals surface area contributed by atoms with Crippen molar-refractivity contribution in [1.82, 2.24) is 4.57 Å². The molecule has 0 unspecified atom stereocenters. The Morgan fingerprint density at radius 1 is 0.938 bits per heavy atom. The number of sulfone groups is 1. The summed E-state index contributed by atoms with van der Waals surface area (Å²) in [5.74, 6) is 0.289. The second-order valence-electron chi connectivity index (χ2n) is 7.06. The number of nitrogens with one attached hydrogen (secondary N) is 1. The normalized spacial score (nSPS) is 11.3. The van der Waals surface area contributed by atoms with E-state index in [9.17, 15) is 18.0 Å². The van der Waals surface area contributed by atoms with Crippen molar-refractivity contribution >= 4 is 32.3 Å². The van der Waals surface area contributed by atoms with Crippen molar-refractivity contribution in [2.45, 2.75) is 16.3 Å². The molecule has 0 aliphatic carbocycles. The lowest BCUT2D eigenvalue weighted by Crippen LogP contribution is -2.23. The average Bonchev–Trinajstić information content (AvgIpc) is 2.82. The molecule has 7 nitrogen and oxygen atoms in total. The summed E-state index contributed by atoms with van der Waals surface area (Å²) in [6, 6.07) is 21.2. The number of benzene rings is 3. The van der Waals surface area contributed by atoms with Crippen LogP contribution in [0.1, 0.15) is 0 Å². The molecule has 0 radical (unpaired) electrons. The van der Waals surface area contributed by atoms with Crippen molar-refractivity contribution in [3.8, 4) is 5.75 Å². The highest BCUT2D eigenvalue weighted by Gasteiger charge is 2.24. The van der Waals surface area contributed by atoms with E-state index in [1.54, 1.807) is 73.8 Å². The third kappa shape index (κ3) is 4.13. The van der Waals surface area contributed by atoms with Gasteiger partial charge in [-0.3, -0.25) is 9.59 Å². The minimum Gasteiger partial charge on any atom is -0.497 e. The van der Waals surface area contributed by atoms with E-state index < -0.39 is 15.3 Å². The highest BCUT2D eigenvalue weighted by molar-refractivity contribution is 7.91. The first-order valence-electron chi connectivity index (χ1n) is 9.76. The first-order valence-corrected chi connectivity index (χ1v) is 11.2. The highest BCUT2D eigenvalue weighted by atomic mass is 32.2. The zero-order chi connectivity index (χ0) is 22.7. The van der Waals surface area contributed by atoms with Gasteiger partial charge in [0, 0.05) is 17.3 Å². The van der Waals surface area contributed by atoms with Crippen LogP contribution < -0.4 is 15.5 Å². The number of rotatable bonds is 6. The Morgan fingerprint density at radius 3 is 2.28 bits per heavy atom. The molecule has 162 valence electrons. The van der Waals surface area contributed by atoms with Crippen LogP contribution in [-0.2, 0) is 21.2 Å². The Balaban J connectivity index is 1.75. The zero-order valence-corrected chi connectivity index (χ0v) is 18.0. The van der Waals surface area contributed by atoms with Crippen LogP contribution in [0.15, 0.2) is 99.6 Å². The van der Waals surface area contributed by atoms with E-state index in [-0.39, 0.29) is 27.6 Å². The fourth-order valence-electron chi connectivity index (χ4n) is 3.40. The molecule has 0 bridgehead atoms. The van der Waals surface area contributed by atoms with Gasteiger partial charge < -0.3 is 14.6 Å². The van der Waals surface area contributed by atoms with E-state index in [0.29, 0.717) is 17.0 Å². The monoisotopic (exact) mass is 448 g/mol. The quantitative estimate of drug-likeness (QED) is 0.487. The second-order valence-corrected chi connectivity index (χ2v) is 8.98. The van der Waals surface area contributed by atoms with Crippen LogP contribution in [0, 0.1) is 0 Å². The number of fused-ring (bicyclic) bond motifs is 1. The molecule has 0 aliphatic rings. The minimum atomic E-state index is -4.06. The number of hydrogen-bond acceptors (Lipinski definition) is 5. The molecule has 1 N–H and O–H groups in total. The van der Waals surface area contributed by atoms with E-state index in [1.165, 1.54) is 22.9 Å². The Hall–Kier alpha value is -3.91. The van der Waals surface area contributed by atoms with Crippen molar-refractivity contribution in [1.29, 1.82) is 0 Å². The van der Waals surface area contributed by atoms with Crippen LogP contribution in [0.3, 0.4) is 0 Å². The van der Waals surface area contributed by atoms with Gasteiger partial charge in [-0.05, 0) is 48.5 Å². The van der Waals surface area contributed by atoms with Crippen molar-refractivity contribution in [3.05, 3.63) is 95.3 Å². The van der Waals surface area contributed by atoms with E-state index in [2.05, 4.69) is 5.32 Å². The van der Waals surface area contributed by atoms with Crippen LogP contribution in [0.25, 0.3) is 10.9 Å². The molecule has 0 fully saturated rings. The molecule has 1 amide bonds. The maximum atomic E-state index is 13.2. The number of methoxy groups -OCH3 is 1. The van der Waals surface area contributed by atoms with Gasteiger partial charge in [0.2, 0.25) is 21.2 Å². The molecule has 3 aromatic carbocycles. The lowest BCUT2D eigenvalue weighted by Gasteiger charge is -2.14. The van der Waals surface area contributed by atoms with E-state index in [1.807, 2.05) is 0 Å². The Bertz CT molecular complexity index is 1440. The number of ether oxygens (including phenoxy) is 1. The summed E-state index contributed by atoms with van der Waals surface area (Å²) in [6.45, 7) is -0.176. The third-order valence-corrected chi connectivity index (χ3v) is 6.75. The lowest BCUT2D eigenvalue weighted by atomic mass is 10.2. The summed E-state index contributed by atoms with van der Waals surface area (Å²) < 4.78 is 32.9. The number of nitrogens with zero attached hydrogens (tertiary/aromatic N) is 1. The number of aromatic nitrogens is 1. The molecule has 4 aromatic rings. The first kappa shape index (κ1) is 21.3. The fraction of sp³-hybridized carbons (Fsp3) is 0.0833. The summed E-state index contributed by atoms with van der Waals surface area (Å²) in [7, 11) is -2.51. The Labute approximate surface area is 184 Å². The smallest absolute Gasteiger partial charge is 0.244 e. The molecular weight excluding hydrogens is 428 g/mol. The topological polar surface area (TPSA) is 94.5 Å². The predicted molar refractivity (Wildman–Crippen MR) is 122 cm³/mol. The lowest BCUT2D eigenvalue weighted by molar-refractivity contribution is -0.116. The molecular formula is C24H20N2O5S. The fourth-order valence-corrected chi connectivity index (χ4v) is 4.79. The SMILES string of the molecule is COc1ccc(NC(=O)Cn2cc(S(=O)(=O)c3ccccc3)c(=O)c3ccccc32)cc1. The molecule has 0 saturated heterocycles. The van der Waals surface area contributed by atoms with Gasteiger partial charge in [-0.15, -0.1) is 0 Å². The maximum absolute atomic E-state index is 13.2. The van der Waals surface area contributed by atoms with E-state index in [4.69, 9.17) is 4.74 Å². The maximum Gasteiger partial charge on any atom is 0.244 e. The van der Waals surface area contributed by atoms with Crippen LogP contribution in [-0.4, -0.2) is 26.0 Å². The number of carbonyl (C=O) groups excluding carboxylic acids is 1. The van der Waals surface area contributed by atoms with Crippen molar-refractivity contribution in [2.75, 3.05) is 12.4 Å². The van der Waals surface area contributed by atoms with Crippen molar-refractivity contribution in [2.24, 2.45) is 0 Å². The summed E-state index contributed by atoms with van der Waals surface area (Å²) >= 11 is 0. The zero-order valence-electron chi connectivity index (χ0n) is 17.2. The molecule has 0 saturated carbocycles. The van der Waals surface area contributed by atoms with E-state index in [0.717, 1.165) is 0 Å². The molecule has 1 heterocycles. The molecule has 0 aliphatic heterocycles. The third-order valence-electron chi connectivity index (χ3n) is 4.99. The molecule has 8 heteroatoms. The number of pyridine rings is 1. The largest absolute Gasteiger partial charge is 0.497 e. The predicted octanol–water partition coefficient (Wildman–Crippen LogP) is 3.48. The van der Waals surface area contributed by atoms with Crippen LogP contribution in [0.5, 0.6) is 5.75 Å². The number of carbonyl (C=O) groups is 1. The molecule has 1 aromatic heterocycles. The summed E-state index contributed by atoms with van der Waals surface area (Å²) in [6.07, 6.45) is 1.24.